The smallest absolute Gasteiger partial charge is 0.439 e. The number of aromatic nitrogens is 4. The van der Waals surface area contributed by atoms with Crippen LogP contribution in [0.15, 0.2) is 86.9 Å². The predicted octanol–water partition coefficient (Wildman–Crippen LogP) is 5.64. The molecular formula is C33H32KN4O4. The summed E-state index contributed by atoms with van der Waals surface area (Å²) in [6, 6.07) is 23.5. The van der Waals surface area contributed by atoms with Gasteiger partial charge in [-0.1, -0.05) is 72.7 Å². The molecule has 6 rings (SSSR count). The van der Waals surface area contributed by atoms with Gasteiger partial charge in [-0.05, 0) is 66.5 Å². The van der Waals surface area contributed by atoms with Crippen molar-refractivity contribution in [3.63, 3.8) is 0 Å². The first kappa shape index (κ1) is 30.4. The summed E-state index contributed by atoms with van der Waals surface area (Å²) in [6.07, 6.45) is 4.09. The van der Waals surface area contributed by atoms with E-state index >= 15 is 0 Å². The minimum atomic E-state index is -0.595. The molecule has 2 heterocycles. The van der Waals surface area contributed by atoms with E-state index in [4.69, 9.17) is 14.2 Å². The van der Waals surface area contributed by atoms with E-state index in [2.05, 4.69) is 17.1 Å². The maximum atomic E-state index is 13.9. The molecule has 1 fully saturated rings. The Morgan fingerprint density at radius 3 is 2.29 bits per heavy atom. The number of aryl methyl sites for hydroxylation is 2. The number of nitrogens with one attached hydrogen (secondary N) is 1. The van der Waals surface area contributed by atoms with Gasteiger partial charge in [0.05, 0.1) is 24.4 Å². The van der Waals surface area contributed by atoms with Crippen molar-refractivity contribution in [3.05, 3.63) is 111 Å². The van der Waals surface area contributed by atoms with Gasteiger partial charge in [-0.15, -0.1) is 0 Å². The monoisotopic (exact) mass is 587 g/mol. The largest absolute Gasteiger partial charge is 0.493 e. The van der Waals surface area contributed by atoms with E-state index in [1.165, 1.54) is 12.8 Å². The van der Waals surface area contributed by atoms with Crippen molar-refractivity contribution in [2.75, 3.05) is 6.61 Å². The molecule has 1 radical (unpaired) electrons. The third-order valence-corrected chi connectivity index (χ3v) is 7.46. The molecule has 0 spiro atoms. The molecule has 3 aromatic carbocycles. The van der Waals surface area contributed by atoms with Crippen LogP contribution in [0.3, 0.4) is 0 Å². The topological polar surface area (TPSA) is 103 Å². The van der Waals surface area contributed by atoms with E-state index < -0.39 is 5.76 Å². The SMILES string of the molecule is CCCc1nc(C)c(-c2ccc(OCC3CC3)cc2)c(=O)n1Cc1ccc(-c2ccccc2-c2noc(=O)[nH]2)cc1.[K]. The zero-order valence-corrected chi connectivity index (χ0v) is 27.3. The average Bonchev–Trinajstić information content (AvgIpc) is 3.72. The molecule has 2 aromatic heterocycles. The van der Waals surface area contributed by atoms with Crippen LogP contribution < -0.4 is 16.1 Å². The summed E-state index contributed by atoms with van der Waals surface area (Å²) < 4.78 is 12.4. The zero-order valence-electron chi connectivity index (χ0n) is 24.2. The van der Waals surface area contributed by atoms with Crippen molar-refractivity contribution in [1.82, 2.24) is 19.7 Å². The fourth-order valence-corrected chi connectivity index (χ4v) is 5.10. The van der Waals surface area contributed by atoms with E-state index in [-0.39, 0.29) is 56.9 Å². The van der Waals surface area contributed by atoms with Crippen LogP contribution >= 0.6 is 0 Å². The predicted molar refractivity (Wildman–Crippen MR) is 164 cm³/mol. The average molecular weight is 588 g/mol. The maximum absolute atomic E-state index is 13.9. The van der Waals surface area contributed by atoms with Crippen molar-refractivity contribution in [3.8, 4) is 39.4 Å². The molecule has 1 aliphatic carbocycles. The van der Waals surface area contributed by atoms with Crippen molar-refractivity contribution in [2.24, 2.45) is 5.92 Å². The van der Waals surface area contributed by atoms with E-state index in [1.807, 2.05) is 79.7 Å². The second-order valence-corrected chi connectivity index (χ2v) is 10.6. The quantitative estimate of drug-likeness (QED) is 0.212. The van der Waals surface area contributed by atoms with Gasteiger partial charge in [0.2, 0.25) is 0 Å². The Balaban J connectivity index is 0.00000353. The molecule has 0 aliphatic heterocycles. The molecule has 5 aromatic rings. The summed E-state index contributed by atoms with van der Waals surface area (Å²) in [5.74, 6) is 2.08. The normalized spacial score (nSPS) is 12.6. The molecule has 0 amide bonds. The van der Waals surface area contributed by atoms with E-state index in [0.717, 1.165) is 58.1 Å². The van der Waals surface area contributed by atoms with Gasteiger partial charge >= 0.3 is 5.76 Å². The maximum Gasteiger partial charge on any atom is 0.439 e. The van der Waals surface area contributed by atoms with Crippen LogP contribution in [0, 0.1) is 12.8 Å². The van der Waals surface area contributed by atoms with Gasteiger partial charge in [-0.25, -0.2) is 9.78 Å². The summed E-state index contributed by atoms with van der Waals surface area (Å²) in [6.45, 7) is 5.17. The van der Waals surface area contributed by atoms with Crippen molar-refractivity contribution >= 4 is 51.4 Å². The number of benzene rings is 3. The molecule has 0 unspecified atom stereocenters. The van der Waals surface area contributed by atoms with Crippen LogP contribution in [-0.2, 0) is 13.0 Å². The Hall–Kier alpha value is -3.08. The molecule has 0 saturated heterocycles. The van der Waals surface area contributed by atoms with Gasteiger partial charge in [0.25, 0.3) is 5.56 Å². The zero-order chi connectivity index (χ0) is 28.3. The Labute approximate surface area is 286 Å². The van der Waals surface area contributed by atoms with Gasteiger partial charge in [-0.2, -0.15) is 0 Å². The Morgan fingerprint density at radius 1 is 0.952 bits per heavy atom. The Morgan fingerprint density at radius 2 is 1.64 bits per heavy atom. The summed E-state index contributed by atoms with van der Waals surface area (Å²) in [5, 5.41) is 3.85. The van der Waals surface area contributed by atoms with Crippen molar-refractivity contribution in [1.29, 1.82) is 0 Å². The molecule has 1 N–H and O–H groups in total. The molecule has 42 heavy (non-hydrogen) atoms. The molecular weight excluding hydrogens is 555 g/mol. The van der Waals surface area contributed by atoms with Gasteiger partial charge < -0.3 is 4.74 Å². The number of ether oxygens (including phenoxy) is 1. The second kappa shape index (κ2) is 13.5. The number of rotatable bonds is 10. The minimum Gasteiger partial charge on any atom is -0.493 e. The molecule has 8 nitrogen and oxygen atoms in total. The summed E-state index contributed by atoms with van der Waals surface area (Å²) in [4.78, 5) is 33.0. The Bertz CT molecular complexity index is 1790. The van der Waals surface area contributed by atoms with E-state index in [9.17, 15) is 9.59 Å². The molecule has 209 valence electrons. The van der Waals surface area contributed by atoms with Crippen LogP contribution in [0.5, 0.6) is 5.75 Å². The molecule has 1 aliphatic rings. The molecule has 0 bridgehead atoms. The number of nitrogens with zero attached hydrogens (tertiary/aromatic N) is 3. The minimum absolute atomic E-state index is 0. The Kier molecular flexibility index (Phi) is 9.75. The van der Waals surface area contributed by atoms with Crippen LogP contribution in [-0.4, -0.2) is 77.7 Å². The van der Waals surface area contributed by atoms with Crippen molar-refractivity contribution < 1.29 is 9.26 Å². The fraction of sp³-hybridized carbons (Fsp3) is 0.273. The third-order valence-electron chi connectivity index (χ3n) is 7.46. The third kappa shape index (κ3) is 6.76. The molecule has 1 saturated carbocycles. The van der Waals surface area contributed by atoms with Gasteiger partial charge in [0.15, 0.2) is 5.82 Å². The van der Waals surface area contributed by atoms with E-state index in [0.29, 0.717) is 30.3 Å². The number of aromatic amines is 1. The van der Waals surface area contributed by atoms with Gasteiger partial charge in [0, 0.05) is 63.4 Å². The van der Waals surface area contributed by atoms with Gasteiger partial charge in [-0.3, -0.25) is 18.9 Å². The summed E-state index contributed by atoms with van der Waals surface area (Å²) >= 11 is 0. The standard InChI is InChI=1S/C33H32N4O4.K/c1-3-6-29-34-21(2)30(25-15-17-26(18-16-25)40-20-23-9-10-23)32(38)37(29)19-22-11-13-24(14-12-22)27-7-4-5-8-28(27)31-35-33(39)41-36-31;/h4-5,7-8,11-18,23H,3,6,9-10,19-20H2,1-2H3,(H,35,36,39);. The first-order valence-corrected chi connectivity index (χ1v) is 14.1. The number of hydrogen-bond acceptors (Lipinski definition) is 6. The summed E-state index contributed by atoms with van der Waals surface area (Å²) in [5.41, 5.74) is 5.78. The van der Waals surface area contributed by atoms with Crippen LogP contribution in [0.25, 0.3) is 33.6 Å². The van der Waals surface area contributed by atoms with E-state index in [1.54, 1.807) is 4.57 Å². The van der Waals surface area contributed by atoms with Crippen molar-refractivity contribution in [2.45, 2.75) is 46.1 Å². The molecule has 9 heteroatoms. The van der Waals surface area contributed by atoms with Crippen LogP contribution in [0.2, 0.25) is 0 Å². The number of H-pyrrole nitrogens is 1. The van der Waals surface area contributed by atoms with Crippen LogP contribution in [0.1, 0.15) is 43.3 Å². The molecule has 0 atom stereocenters. The first-order valence-electron chi connectivity index (χ1n) is 14.1. The number of hydrogen-bond donors (Lipinski definition) is 1. The van der Waals surface area contributed by atoms with Crippen LogP contribution in [0.4, 0.5) is 0 Å². The summed E-state index contributed by atoms with van der Waals surface area (Å²) in [7, 11) is 0. The fourth-order valence-electron chi connectivity index (χ4n) is 5.10. The van der Waals surface area contributed by atoms with Gasteiger partial charge in [0.1, 0.15) is 11.6 Å². The second-order valence-electron chi connectivity index (χ2n) is 10.6. The first-order chi connectivity index (χ1) is 20.0.